The van der Waals surface area contributed by atoms with Gasteiger partial charge in [-0.2, -0.15) is 5.26 Å². The van der Waals surface area contributed by atoms with Gasteiger partial charge in [0.15, 0.2) is 6.04 Å². The summed E-state index contributed by atoms with van der Waals surface area (Å²) in [5.74, 6) is -0.929. The molecule has 1 amide bonds. The van der Waals surface area contributed by atoms with Crippen LogP contribution in [0.15, 0.2) is 30.3 Å². The van der Waals surface area contributed by atoms with Gasteiger partial charge in [0.2, 0.25) is 5.91 Å². The number of carbonyl (C=O) groups excluding carboxylic acids is 2. The summed E-state index contributed by atoms with van der Waals surface area (Å²) in [7, 11) is 0. The minimum atomic E-state index is -0.857. The van der Waals surface area contributed by atoms with Crippen LogP contribution in [-0.4, -0.2) is 18.0 Å². The lowest BCUT2D eigenvalue weighted by molar-refractivity contribution is -0.154. The summed E-state index contributed by atoms with van der Waals surface area (Å²) in [5.41, 5.74) is 0.662. The molecule has 0 heterocycles. The standard InChI is InChI=1S/C17H20N2O3/c18-12-11-15(20)19-16(13-7-3-1-4-8-13)17(21)22-14-9-5-2-6-10-14/h1,3-4,7-8,14,16H,2,5-6,9-11H2,(H,19,20). The van der Waals surface area contributed by atoms with Crippen LogP contribution in [0, 0.1) is 11.3 Å². The molecular weight excluding hydrogens is 280 g/mol. The number of hydrogen-bond acceptors (Lipinski definition) is 4. The van der Waals surface area contributed by atoms with Gasteiger partial charge in [0.25, 0.3) is 0 Å². The lowest BCUT2D eigenvalue weighted by Crippen LogP contribution is -2.36. The molecule has 0 bridgehead atoms. The Kier molecular flexibility index (Phi) is 5.96. The van der Waals surface area contributed by atoms with E-state index in [1.807, 2.05) is 6.07 Å². The van der Waals surface area contributed by atoms with Gasteiger partial charge >= 0.3 is 5.97 Å². The fraction of sp³-hybridized carbons (Fsp3) is 0.471. The second-order valence-electron chi connectivity index (χ2n) is 5.44. The molecule has 0 radical (unpaired) electrons. The van der Waals surface area contributed by atoms with Gasteiger partial charge in [-0.3, -0.25) is 4.79 Å². The zero-order valence-corrected chi connectivity index (χ0v) is 12.5. The van der Waals surface area contributed by atoms with E-state index in [1.54, 1.807) is 30.3 Å². The molecule has 5 heteroatoms. The van der Waals surface area contributed by atoms with Crippen LogP contribution in [0.5, 0.6) is 0 Å². The number of hydrogen-bond donors (Lipinski definition) is 1. The van der Waals surface area contributed by atoms with E-state index in [1.165, 1.54) is 6.42 Å². The number of carbonyl (C=O) groups is 2. The van der Waals surface area contributed by atoms with Crippen LogP contribution < -0.4 is 5.32 Å². The van der Waals surface area contributed by atoms with E-state index in [4.69, 9.17) is 10.00 Å². The van der Waals surface area contributed by atoms with Crippen LogP contribution in [-0.2, 0) is 14.3 Å². The van der Waals surface area contributed by atoms with Crippen molar-refractivity contribution < 1.29 is 14.3 Å². The number of amides is 1. The molecule has 0 spiro atoms. The predicted octanol–water partition coefficient (Wildman–Crippen LogP) is 2.63. The van der Waals surface area contributed by atoms with Gasteiger partial charge in [-0.15, -0.1) is 0 Å². The Hall–Kier alpha value is -2.35. The van der Waals surface area contributed by atoms with E-state index in [-0.39, 0.29) is 12.5 Å². The van der Waals surface area contributed by atoms with Gasteiger partial charge in [0, 0.05) is 0 Å². The van der Waals surface area contributed by atoms with Crippen molar-refractivity contribution in [2.75, 3.05) is 0 Å². The summed E-state index contributed by atoms with van der Waals surface area (Å²) in [6.07, 6.45) is 4.71. The molecule has 1 N–H and O–H groups in total. The monoisotopic (exact) mass is 300 g/mol. The normalized spacial score (nSPS) is 16.3. The Morgan fingerprint density at radius 2 is 1.91 bits per heavy atom. The fourth-order valence-electron chi connectivity index (χ4n) is 2.62. The third kappa shape index (κ3) is 4.59. The van der Waals surface area contributed by atoms with Crippen molar-refractivity contribution in [2.24, 2.45) is 0 Å². The van der Waals surface area contributed by atoms with Crippen LogP contribution in [0.1, 0.15) is 50.1 Å². The maximum absolute atomic E-state index is 12.4. The van der Waals surface area contributed by atoms with E-state index in [0.717, 1.165) is 25.7 Å². The second kappa shape index (κ2) is 8.18. The van der Waals surface area contributed by atoms with Crippen molar-refractivity contribution >= 4 is 11.9 Å². The Labute approximate surface area is 130 Å². The Bertz CT molecular complexity index is 545. The number of rotatable bonds is 5. The average Bonchev–Trinajstić information content (AvgIpc) is 2.54. The maximum atomic E-state index is 12.4. The Balaban J connectivity index is 2.07. The molecule has 1 fully saturated rings. The van der Waals surface area contributed by atoms with Crippen molar-refractivity contribution in [1.82, 2.24) is 5.32 Å². The van der Waals surface area contributed by atoms with Crippen molar-refractivity contribution in [1.29, 1.82) is 5.26 Å². The molecule has 1 aromatic carbocycles. The van der Waals surface area contributed by atoms with E-state index >= 15 is 0 Å². The summed E-state index contributed by atoms with van der Waals surface area (Å²) >= 11 is 0. The SMILES string of the molecule is N#CCC(=O)NC(C(=O)OC1CCCCC1)c1ccccc1. The molecule has 1 unspecified atom stereocenters. The van der Waals surface area contributed by atoms with E-state index < -0.39 is 17.9 Å². The first kappa shape index (κ1) is 16.0. The molecule has 22 heavy (non-hydrogen) atoms. The number of nitriles is 1. The third-order valence-electron chi connectivity index (χ3n) is 3.75. The lowest BCUT2D eigenvalue weighted by atomic mass is 9.97. The molecule has 0 aromatic heterocycles. The number of nitrogens with one attached hydrogen (secondary N) is 1. The summed E-state index contributed by atoms with van der Waals surface area (Å²) in [4.78, 5) is 24.1. The summed E-state index contributed by atoms with van der Waals surface area (Å²) in [5, 5.41) is 11.2. The first-order valence-electron chi connectivity index (χ1n) is 7.62. The van der Waals surface area contributed by atoms with Crippen molar-refractivity contribution in [3.8, 4) is 6.07 Å². The summed E-state index contributed by atoms with van der Waals surface area (Å²) < 4.78 is 5.55. The van der Waals surface area contributed by atoms with E-state index in [9.17, 15) is 9.59 Å². The van der Waals surface area contributed by atoms with Crippen LogP contribution >= 0.6 is 0 Å². The Morgan fingerprint density at radius 1 is 1.23 bits per heavy atom. The molecule has 0 aliphatic heterocycles. The number of benzene rings is 1. The van der Waals surface area contributed by atoms with Crippen LogP contribution in [0.25, 0.3) is 0 Å². The zero-order chi connectivity index (χ0) is 15.8. The minimum absolute atomic E-state index is 0.0691. The quantitative estimate of drug-likeness (QED) is 0.848. The highest BCUT2D eigenvalue weighted by molar-refractivity contribution is 5.86. The minimum Gasteiger partial charge on any atom is -0.461 e. The van der Waals surface area contributed by atoms with Crippen LogP contribution in [0.2, 0.25) is 0 Å². The van der Waals surface area contributed by atoms with Gasteiger partial charge in [0.1, 0.15) is 12.5 Å². The molecule has 5 nitrogen and oxygen atoms in total. The molecule has 1 aliphatic rings. The molecule has 1 atom stereocenters. The lowest BCUT2D eigenvalue weighted by Gasteiger charge is -2.25. The molecule has 1 aromatic rings. The maximum Gasteiger partial charge on any atom is 0.333 e. The van der Waals surface area contributed by atoms with E-state index in [2.05, 4.69) is 5.32 Å². The number of esters is 1. The highest BCUT2D eigenvalue weighted by Gasteiger charge is 2.27. The van der Waals surface area contributed by atoms with Gasteiger partial charge in [-0.05, 0) is 31.2 Å². The van der Waals surface area contributed by atoms with Crippen molar-refractivity contribution in [3.05, 3.63) is 35.9 Å². The zero-order valence-electron chi connectivity index (χ0n) is 12.5. The molecule has 1 saturated carbocycles. The van der Waals surface area contributed by atoms with Gasteiger partial charge < -0.3 is 10.1 Å². The molecule has 116 valence electrons. The topological polar surface area (TPSA) is 79.2 Å². The van der Waals surface area contributed by atoms with Gasteiger partial charge in [-0.25, -0.2) is 4.79 Å². The van der Waals surface area contributed by atoms with Crippen molar-refractivity contribution in [3.63, 3.8) is 0 Å². The molecular formula is C17H20N2O3. The van der Waals surface area contributed by atoms with E-state index in [0.29, 0.717) is 5.56 Å². The number of ether oxygens (including phenoxy) is 1. The van der Waals surface area contributed by atoms with Crippen molar-refractivity contribution in [2.45, 2.75) is 50.7 Å². The average molecular weight is 300 g/mol. The smallest absolute Gasteiger partial charge is 0.333 e. The van der Waals surface area contributed by atoms with Crippen LogP contribution in [0.4, 0.5) is 0 Å². The largest absolute Gasteiger partial charge is 0.461 e. The summed E-state index contributed by atoms with van der Waals surface area (Å²) in [6.45, 7) is 0. The molecule has 1 aliphatic carbocycles. The Morgan fingerprint density at radius 3 is 2.55 bits per heavy atom. The van der Waals surface area contributed by atoms with Gasteiger partial charge in [0.05, 0.1) is 6.07 Å². The number of nitrogens with zero attached hydrogens (tertiary/aromatic N) is 1. The van der Waals surface area contributed by atoms with Gasteiger partial charge in [-0.1, -0.05) is 36.8 Å². The highest BCUT2D eigenvalue weighted by Crippen LogP contribution is 2.23. The molecule has 2 rings (SSSR count). The fourth-order valence-corrected chi connectivity index (χ4v) is 2.62. The van der Waals surface area contributed by atoms with Crippen LogP contribution in [0.3, 0.4) is 0 Å². The first-order valence-corrected chi connectivity index (χ1v) is 7.62. The molecule has 0 saturated heterocycles. The highest BCUT2D eigenvalue weighted by atomic mass is 16.5. The first-order chi connectivity index (χ1) is 10.7. The predicted molar refractivity (Wildman–Crippen MR) is 80.5 cm³/mol. The third-order valence-corrected chi connectivity index (χ3v) is 3.75. The second-order valence-corrected chi connectivity index (χ2v) is 5.44. The summed E-state index contributed by atoms with van der Waals surface area (Å²) in [6, 6.07) is 9.88.